The third-order valence-corrected chi connectivity index (χ3v) is 8.52. The number of fused-ring (bicyclic) bond motifs is 1. The van der Waals surface area contributed by atoms with Crippen molar-refractivity contribution in [2.24, 2.45) is 18.4 Å². The van der Waals surface area contributed by atoms with E-state index in [1.54, 1.807) is 17.7 Å². The third kappa shape index (κ3) is 6.29. The van der Waals surface area contributed by atoms with Gasteiger partial charge >= 0.3 is 12.4 Å². The number of benzene rings is 2. The van der Waals surface area contributed by atoms with Gasteiger partial charge in [0, 0.05) is 32.7 Å². The van der Waals surface area contributed by atoms with E-state index < -0.39 is 35.4 Å². The summed E-state index contributed by atoms with van der Waals surface area (Å²) < 4.78 is 81.4. The molecule has 11 heteroatoms. The molecule has 5 nitrogen and oxygen atoms in total. The Labute approximate surface area is 233 Å². The van der Waals surface area contributed by atoms with E-state index in [1.807, 2.05) is 18.2 Å². The molecule has 220 valence electrons. The van der Waals surface area contributed by atoms with E-state index >= 15 is 0 Å². The molecular weight excluding hydrogens is 548 g/mol. The van der Waals surface area contributed by atoms with Crippen molar-refractivity contribution >= 4 is 16.8 Å². The molecule has 0 bridgehead atoms. The zero-order valence-electron chi connectivity index (χ0n) is 22.5. The number of likely N-dealkylation sites (tertiary alicyclic amines) is 1. The molecule has 2 aromatic carbocycles. The molecule has 1 amide bonds. The number of aromatic nitrogens is 1. The Kier molecular flexibility index (Phi) is 7.69. The minimum Gasteiger partial charge on any atom is -0.352 e. The standard InChI is InChI=1S/C30H31F6N3O2/c1-38-25-13-20(5-6-22(25)7-8-26(38)40)17-39-10-9-28(18-39,15-19-3-2-4-19)27(41)37-16-21-11-23(29(31,32)33)14-24(12-21)30(34,35)36/h5-8,11-14,19H,2-4,9-10,15-18H2,1H3,(H,37,41). The van der Waals surface area contributed by atoms with Gasteiger partial charge in [-0.3, -0.25) is 14.5 Å². The molecule has 3 aromatic rings. The number of nitrogens with zero attached hydrogens (tertiary/aromatic N) is 2. The highest BCUT2D eigenvalue weighted by atomic mass is 19.4. The van der Waals surface area contributed by atoms with Gasteiger partial charge in [-0.15, -0.1) is 0 Å². The molecule has 5 rings (SSSR count). The molecule has 1 saturated heterocycles. The van der Waals surface area contributed by atoms with Crippen LogP contribution in [0, 0.1) is 11.3 Å². The summed E-state index contributed by atoms with van der Waals surface area (Å²) in [6, 6.07) is 10.6. The number of rotatable bonds is 7. The zero-order valence-corrected chi connectivity index (χ0v) is 22.5. The highest BCUT2D eigenvalue weighted by Gasteiger charge is 2.46. The van der Waals surface area contributed by atoms with Crippen molar-refractivity contribution in [2.75, 3.05) is 13.1 Å². The van der Waals surface area contributed by atoms with E-state index in [0.717, 1.165) is 35.7 Å². The summed E-state index contributed by atoms with van der Waals surface area (Å²) in [5, 5.41) is 3.61. The second-order valence-electron chi connectivity index (χ2n) is 11.5. The van der Waals surface area contributed by atoms with E-state index in [9.17, 15) is 35.9 Å². The molecule has 0 spiro atoms. The highest BCUT2D eigenvalue weighted by Crippen LogP contribution is 2.44. The van der Waals surface area contributed by atoms with Crippen molar-refractivity contribution in [3.63, 3.8) is 0 Å². The molecule has 1 saturated carbocycles. The predicted octanol–water partition coefficient (Wildman–Crippen LogP) is 6.27. The zero-order chi connectivity index (χ0) is 29.6. The lowest BCUT2D eigenvalue weighted by Crippen LogP contribution is -2.44. The van der Waals surface area contributed by atoms with Crippen LogP contribution in [0.25, 0.3) is 10.9 Å². The lowest BCUT2D eigenvalue weighted by molar-refractivity contribution is -0.143. The number of nitrogens with one attached hydrogen (secondary N) is 1. The summed E-state index contributed by atoms with van der Waals surface area (Å²) in [7, 11) is 1.71. The second-order valence-corrected chi connectivity index (χ2v) is 11.5. The normalized spacial score (nSPS) is 20.4. The molecule has 1 aliphatic carbocycles. The predicted molar refractivity (Wildman–Crippen MR) is 142 cm³/mol. The summed E-state index contributed by atoms with van der Waals surface area (Å²) in [5.74, 6) is 0.0139. The minimum absolute atomic E-state index is 0.0862. The van der Waals surface area contributed by atoms with Crippen LogP contribution < -0.4 is 10.9 Å². The van der Waals surface area contributed by atoms with Gasteiger partial charge < -0.3 is 9.88 Å². The Morgan fingerprint density at radius 1 is 0.951 bits per heavy atom. The number of carbonyl (C=O) groups excluding carboxylic acids is 1. The highest BCUT2D eigenvalue weighted by molar-refractivity contribution is 5.83. The monoisotopic (exact) mass is 579 g/mol. The van der Waals surface area contributed by atoms with Gasteiger partial charge in [0.1, 0.15) is 0 Å². The maximum absolute atomic E-state index is 13.6. The second kappa shape index (κ2) is 10.8. The molecule has 2 fully saturated rings. The molecule has 1 atom stereocenters. The van der Waals surface area contributed by atoms with Gasteiger partial charge in [0.2, 0.25) is 5.91 Å². The van der Waals surface area contributed by atoms with Crippen LogP contribution in [0.4, 0.5) is 26.3 Å². The van der Waals surface area contributed by atoms with Crippen molar-refractivity contribution < 1.29 is 31.1 Å². The maximum atomic E-state index is 13.6. The molecule has 1 unspecified atom stereocenters. The van der Waals surface area contributed by atoms with Crippen LogP contribution in [0.2, 0.25) is 0 Å². The number of alkyl halides is 6. The van der Waals surface area contributed by atoms with E-state index in [-0.39, 0.29) is 23.1 Å². The van der Waals surface area contributed by atoms with Crippen LogP contribution >= 0.6 is 0 Å². The lowest BCUT2D eigenvalue weighted by Gasteiger charge is -2.36. The van der Waals surface area contributed by atoms with Crippen molar-refractivity contribution in [3.8, 4) is 0 Å². The van der Waals surface area contributed by atoms with Gasteiger partial charge in [-0.2, -0.15) is 26.3 Å². The Morgan fingerprint density at radius 2 is 1.61 bits per heavy atom. The summed E-state index contributed by atoms with van der Waals surface area (Å²) >= 11 is 0. The summed E-state index contributed by atoms with van der Waals surface area (Å²) in [6.07, 6.45) is -5.67. The molecular formula is C30H31F6N3O2. The molecule has 2 heterocycles. The Bertz CT molecular complexity index is 1480. The largest absolute Gasteiger partial charge is 0.416 e. The molecule has 1 N–H and O–H groups in total. The van der Waals surface area contributed by atoms with Gasteiger partial charge in [-0.05, 0) is 72.1 Å². The van der Waals surface area contributed by atoms with E-state index in [1.165, 1.54) is 6.07 Å². The summed E-state index contributed by atoms with van der Waals surface area (Å²) in [5.41, 5.74) is -2.19. The van der Waals surface area contributed by atoms with Gasteiger partial charge in [0.05, 0.1) is 22.1 Å². The molecule has 2 aliphatic rings. The summed E-state index contributed by atoms with van der Waals surface area (Å²) in [4.78, 5) is 27.8. The van der Waals surface area contributed by atoms with Gasteiger partial charge in [0.25, 0.3) is 5.56 Å². The van der Waals surface area contributed by atoms with E-state index in [2.05, 4.69) is 10.2 Å². The minimum atomic E-state index is -4.95. The Morgan fingerprint density at radius 3 is 2.22 bits per heavy atom. The molecule has 41 heavy (non-hydrogen) atoms. The first-order chi connectivity index (χ1) is 19.2. The fourth-order valence-corrected chi connectivity index (χ4v) is 6.05. The number of hydrogen-bond donors (Lipinski definition) is 1. The first kappa shape index (κ1) is 29.2. The van der Waals surface area contributed by atoms with Crippen molar-refractivity contribution in [1.29, 1.82) is 0 Å². The fraction of sp³-hybridized carbons (Fsp3) is 0.467. The first-order valence-electron chi connectivity index (χ1n) is 13.6. The van der Waals surface area contributed by atoms with Crippen molar-refractivity contribution in [1.82, 2.24) is 14.8 Å². The first-order valence-corrected chi connectivity index (χ1v) is 13.6. The summed E-state index contributed by atoms with van der Waals surface area (Å²) in [6.45, 7) is 1.16. The number of pyridine rings is 1. The number of halogens is 6. The smallest absolute Gasteiger partial charge is 0.352 e. The average molecular weight is 580 g/mol. The van der Waals surface area contributed by atoms with Crippen LogP contribution in [0.15, 0.2) is 53.3 Å². The third-order valence-electron chi connectivity index (χ3n) is 8.52. The average Bonchev–Trinajstić information content (AvgIpc) is 3.30. The van der Waals surface area contributed by atoms with Gasteiger partial charge in [-0.25, -0.2) is 0 Å². The maximum Gasteiger partial charge on any atom is 0.416 e. The van der Waals surface area contributed by atoms with Crippen LogP contribution in [-0.4, -0.2) is 28.5 Å². The fourth-order valence-electron chi connectivity index (χ4n) is 6.05. The quantitative estimate of drug-likeness (QED) is 0.336. The molecule has 0 radical (unpaired) electrons. The van der Waals surface area contributed by atoms with E-state index in [0.29, 0.717) is 50.5 Å². The van der Waals surface area contributed by atoms with Crippen molar-refractivity contribution in [3.05, 3.63) is 81.1 Å². The van der Waals surface area contributed by atoms with E-state index in [4.69, 9.17) is 0 Å². The van der Waals surface area contributed by atoms with Crippen LogP contribution in [0.3, 0.4) is 0 Å². The van der Waals surface area contributed by atoms with Crippen LogP contribution in [0.5, 0.6) is 0 Å². The number of aryl methyl sites for hydroxylation is 1. The number of hydrogen-bond acceptors (Lipinski definition) is 3. The number of amides is 1. The SMILES string of the molecule is Cn1c(=O)ccc2ccc(CN3CCC(CC4CCC4)(C(=O)NCc4cc(C(F)(F)F)cc(C(F)(F)F)c4)C3)cc21. The topological polar surface area (TPSA) is 54.3 Å². The lowest BCUT2D eigenvalue weighted by atomic mass is 9.70. The van der Waals surface area contributed by atoms with Crippen LogP contribution in [0.1, 0.15) is 54.4 Å². The van der Waals surface area contributed by atoms with Crippen LogP contribution in [-0.2, 0) is 37.3 Å². The Balaban J connectivity index is 1.34. The van der Waals surface area contributed by atoms with Crippen molar-refractivity contribution in [2.45, 2.75) is 57.5 Å². The number of carbonyl (C=O) groups is 1. The molecule has 1 aromatic heterocycles. The molecule has 1 aliphatic heterocycles. The van der Waals surface area contributed by atoms with Gasteiger partial charge in [0.15, 0.2) is 0 Å². The van der Waals surface area contributed by atoms with Gasteiger partial charge in [-0.1, -0.05) is 31.4 Å². The Hall–Kier alpha value is -3.34.